The molecule has 1 atom stereocenters. The first kappa shape index (κ1) is 16.5. The van der Waals surface area contributed by atoms with Gasteiger partial charge in [0.15, 0.2) is 0 Å². The summed E-state index contributed by atoms with van der Waals surface area (Å²) in [5, 5.41) is 3.41. The number of methoxy groups -OCH3 is 1. The third kappa shape index (κ3) is 5.46. The second kappa shape index (κ2) is 8.57. The summed E-state index contributed by atoms with van der Waals surface area (Å²) in [6.45, 7) is 9.10. The van der Waals surface area contributed by atoms with Crippen molar-refractivity contribution in [2.45, 2.75) is 52.2 Å². The van der Waals surface area contributed by atoms with Crippen LogP contribution in [0.25, 0.3) is 0 Å². The van der Waals surface area contributed by atoms with Crippen molar-refractivity contribution in [2.24, 2.45) is 5.92 Å². The Kier molecular flexibility index (Phi) is 6.74. The standard InChI is InChI=1S/C17H30N2O2/c1-4-7-18-11-15-10-17(21-13-15)12-19(8-9-20-3)14(2)16-5-6-16/h10,13-14,16,18H,4-9,11-12H2,1-3H3. The van der Waals surface area contributed by atoms with Crippen LogP contribution in [0.2, 0.25) is 0 Å². The number of furan rings is 1. The van der Waals surface area contributed by atoms with Gasteiger partial charge in [-0.2, -0.15) is 0 Å². The van der Waals surface area contributed by atoms with Gasteiger partial charge in [0.25, 0.3) is 0 Å². The van der Waals surface area contributed by atoms with E-state index in [4.69, 9.17) is 9.15 Å². The first-order valence-electron chi connectivity index (χ1n) is 8.24. The van der Waals surface area contributed by atoms with E-state index in [1.165, 1.54) is 18.4 Å². The van der Waals surface area contributed by atoms with Crippen LogP contribution in [0.1, 0.15) is 44.4 Å². The average molecular weight is 294 g/mol. The molecule has 120 valence electrons. The molecule has 1 aromatic heterocycles. The SMILES string of the molecule is CCCNCc1coc(CN(CCOC)C(C)C2CC2)c1. The first-order chi connectivity index (χ1) is 10.2. The predicted molar refractivity (Wildman–Crippen MR) is 85.2 cm³/mol. The maximum atomic E-state index is 5.73. The Labute approximate surface area is 128 Å². The van der Waals surface area contributed by atoms with E-state index in [2.05, 4.69) is 30.1 Å². The zero-order chi connectivity index (χ0) is 15.1. The Hall–Kier alpha value is -0.840. The topological polar surface area (TPSA) is 37.6 Å². The van der Waals surface area contributed by atoms with Crippen LogP contribution in [0.4, 0.5) is 0 Å². The van der Waals surface area contributed by atoms with Gasteiger partial charge in [0.05, 0.1) is 19.4 Å². The molecule has 1 saturated carbocycles. The number of nitrogens with one attached hydrogen (secondary N) is 1. The number of rotatable bonds is 11. The normalized spacial score (nSPS) is 16.6. The Bertz CT molecular complexity index is 401. The summed E-state index contributed by atoms with van der Waals surface area (Å²) in [7, 11) is 1.77. The molecule has 0 amide bonds. The first-order valence-corrected chi connectivity index (χ1v) is 8.24. The van der Waals surface area contributed by atoms with Crippen LogP contribution in [0.3, 0.4) is 0 Å². The summed E-state index contributed by atoms with van der Waals surface area (Å²) < 4.78 is 11.0. The highest BCUT2D eigenvalue weighted by molar-refractivity contribution is 5.12. The highest BCUT2D eigenvalue weighted by Gasteiger charge is 2.32. The Morgan fingerprint density at radius 1 is 1.48 bits per heavy atom. The molecular weight excluding hydrogens is 264 g/mol. The smallest absolute Gasteiger partial charge is 0.118 e. The van der Waals surface area contributed by atoms with Crippen molar-refractivity contribution in [3.8, 4) is 0 Å². The molecule has 4 heteroatoms. The lowest BCUT2D eigenvalue weighted by atomic mass is 10.1. The van der Waals surface area contributed by atoms with Crippen molar-refractivity contribution in [1.29, 1.82) is 0 Å². The summed E-state index contributed by atoms with van der Waals surface area (Å²) in [6.07, 6.45) is 5.78. The van der Waals surface area contributed by atoms with Gasteiger partial charge in [-0.25, -0.2) is 0 Å². The molecule has 1 aliphatic rings. The van der Waals surface area contributed by atoms with Gasteiger partial charge in [-0.1, -0.05) is 6.92 Å². The summed E-state index contributed by atoms with van der Waals surface area (Å²) >= 11 is 0. The molecule has 1 heterocycles. The van der Waals surface area contributed by atoms with Crippen molar-refractivity contribution in [3.05, 3.63) is 23.7 Å². The van der Waals surface area contributed by atoms with Gasteiger partial charge in [0.1, 0.15) is 5.76 Å². The summed E-state index contributed by atoms with van der Waals surface area (Å²) in [4.78, 5) is 2.49. The highest BCUT2D eigenvalue weighted by Crippen LogP contribution is 2.35. The van der Waals surface area contributed by atoms with Gasteiger partial charge in [0.2, 0.25) is 0 Å². The van der Waals surface area contributed by atoms with E-state index in [0.717, 1.165) is 50.9 Å². The van der Waals surface area contributed by atoms with Gasteiger partial charge in [-0.3, -0.25) is 4.90 Å². The van der Waals surface area contributed by atoms with Crippen LogP contribution in [-0.4, -0.2) is 37.7 Å². The molecule has 0 saturated heterocycles. The second-order valence-electron chi connectivity index (χ2n) is 6.14. The van der Waals surface area contributed by atoms with Gasteiger partial charge in [-0.05, 0) is 44.7 Å². The van der Waals surface area contributed by atoms with E-state index in [1.807, 2.05) is 6.26 Å². The van der Waals surface area contributed by atoms with Crippen LogP contribution in [0.15, 0.2) is 16.7 Å². The summed E-state index contributed by atoms with van der Waals surface area (Å²) in [6, 6.07) is 2.80. The van der Waals surface area contributed by atoms with Crippen LogP contribution in [0.5, 0.6) is 0 Å². The van der Waals surface area contributed by atoms with Gasteiger partial charge in [0, 0.05) is 31.8 Å². The molecular formula is C17H30N2O2. The molecule has 0 bridgehead atoms. The number of ether oxygens (including phenoxy) is 1. The maximum Gasteiger partial charge on any atom is 0.118 e. The van der Waals surface area contributed by atoms with Crippen LogP contribution >= 0.6 is 0 Å². The van der Waals surface area contributed by atoms with Crippen molar-refractivity contribution in [1.82, 2.24) is 10.2 Å². The molecule has 1 aliphatic carbocycles. The highest BCUT2D eigenvalue weighted by atomic mass is 16.5. The molecule has 1 N–H and O–H groups in total. The van der Waals surface area contributed by atoms with Crippen LogP contribution < -0.4 is 5.32 Å². The maximum absolute atomic E-state index is 5.73. The van der Waals surface area contributed by atoms with E-state index in [0.29, 0.717) is 6.04 Å². The zero-order valence-corrected chi connectivity index (χ0v) is 13.7. The van der Waals surface area contributed by atoms with Gasteiger partial charge < -0.3 is 14.5 Å². The fourth-order valence-electron chi connectivity index (χ4n) is 2.72. The number of nitrogens with zero attached hydrogens (tertiary/aromatic N) is 1. The molecule has 1 unspecified atom stereocenters. The lowest BCUT2D eigenvalue weighted by molar-refractivity contribution is 0.106. The Morgan fingerprint density at radius 3 is 2.95 bits per heavy atom. The fourth-order valence-corrected chi connectivity index (χ4v) is 2.72. The molecule has 0 spiro atoms. The molecule has 21 heavy (non-hydrogen) atoms. The molecule has 1 aromatic rings. The van der Waals surface area contributed by atoms with E-state index < -0.39 is 0 Å². The molecule has 2 rings (SSSR count). The lowest BCUT2D eigenvalue weighted by Crippen LogP contribution is -2.36. The van der Waals surface area contributed by atoms with Crippen molar-refractivity contribution >= 4 is 0 Å². The largest absolute Gasteiger partial charge is 0.468 e. The summed E-state index contributed by atoms with van der Waals surface area (Å²) in [5.41, 5.74) is 1.24. The van der Waals surface area contributed by atoms with E-state index in [-0.39, 0.29) is 0 Å². The summed E-state index contributed by atoms with van der Waals surface area (Å²) in [5.74, 6) is 1.93. The third-order valence-electron chi connectivity index (χ3n) is 4.29. The number of hydrogen-bond donors (Lipinski definition) is 1. The molecule has 0 aromatic carbocycles. The zero-order valence-electron chi connectivity index (χ0n) is 13.7. The fraction of sp³-hybridized carbons (Fsp3) is 0.765. The second-order valence-corrected chi connectivity index (χ2v) is 6.14. The molecule has 1 fully saturated rings. The van der Waals surface area contributed by atoms with E-state index in [1.54, 1.807) is 7.11 Å². The quantitative estimate of drug-likeness (QED) is 0.637. The van der Waals surface area contributed by atoms with Crippen molar-refractivity contribution in [2.75, 3.05) is 26.8 Å². The minimum absolute atomic E-state index is 0.618. The minimum Gasteiger partial charge on any atom is -0.468 e. The monoisotopic (exact) mass is 294 g/mol. The third-order valence-corrected chi connectivity index (χ3v) is 4.29. The van der Waals surface area contributed by atoms with Crippen molar-refractivity contribution in [3.63, 3.8) is 0 Å². The molecule has 4 nitrogen and oxygen atoms in total. The minimum atomic E-state index is 0.618. The predicted octanol–water partition coefficient (Wildman–Crippen LogP) is 3.03. The van der Waals surface area contributed by atoms with Gasteiger partial charge >= 0.3 is 0 Å². The molecule has 0 radical (unpaired) electrons. The number of hydrogen-bond acceptors (Lipinski definition) is 4. The van der Waals surface area contributed by atoms with Gasteiger partial charge in [-0.15, -0.1) is 0 Å². The van der Waals surface area contributed by atoms with Crippen LogP contribution in [-0.2, 0) is 17.8 Å². The average Bonchev–Trinajstić information content (AvgIpc) is 3.24. The molecule has 0 aliphatic heterocycles. The Balaban J connectivity index is 1.86. The lowest BCUT2D eigenvalue weighted by Gasteiger charge is -2.28. The van der Waals surface area contributed by atoms with Crippen LogP contribution in [0, 0.1) is 5.92 Å². The van der Waals surface area contributed by atoms with E-state index in [9.17, 15) is 0 Å². The Morgan fingerprint density at radius 2 is 2.29 bits per heavy atom. The van der Waals surface area contributed by atoms with Crippen molar-refractivity contribution < 1.29 is 9.15 Å². The van der Waals surface area contributed by atoms with E-state index >= 15 is 0 Å².